The predicted molar refractivity (Wildman–Crippen MR) is 94.1 cm³/mol. The van der Waals surface area contributed by atoms with E-state index in [-0.39, 0.29) is 17.9 Å². The lowest BCUT2D eigenvalue weighted by Crippen LogP contribution is -2.26. The third-order valence-electron chi connectivity index (χ3n) is 4.56. The number of aromatic nitrogens is 2. The fourth-order valence-electron chi connectivity index (χ4n) is 3.32. The van der Waals surface area contributed by atoms with Crippen LogP contribution in [-0.4, -0.2) is 21.8 Å². The summed E-state index contributed by atoms with van der Waals surface area (Å²) in [6, 6.07) is 9.32. The van der Waals surface area contributed by atoms with Gasteiger partial charge in [-0.05, 0) is 41.5 Å². The van der Waals surface area contributed by atoms with Gasteiger partial charge < -0.3 is 9.90 Å². The predicted octanol–water partition coefficient (Wildman–Crippen LogP) is 2.75. The minimum Gasteiger partial charge on any atom is -0.545 e. The number of alkyl halides is 3. The van der Waals surface area contributed by atoms with Crippen LogP contribution in [0, 0.1) is 0 Å². The van der Waals surface area contributed by atoms with Crippen molar-refractivity contribution in [2.24, 2.45) is 0 Å². The largest absolute Gasteiger partial charge is 0.545 e. The minimum atomic E-state index is -4.83. The maximum Gasteiger partial charge on any atom is 0.417 e. The SMILES string of the molecule is O=C([O-])c1cc(-c2ccnc3c2CC(=O)N3c2ccccn2)ccc1C(F)(F)F. The molecule has 3 heterocycles. The Balaban J connectivity index is 1.85. The van der Waals surface area contributed by atoms with Gasteiger partial charge in [-0.25, -0.2) is 14.9 Å². The van der Waals surface area contributed by atoms with Crippen molar-refractivity contribution >= 4 is 23.5 Å². The highest BCUT2D eigenvalue weighted by Crippen LogP contribution is 2.40. The van der Waals surface area contributed by atoms with E-state index in [2.05, 4.69) is 9.97 Å². The number of hydrogen-bond donors (Lipinski definition) is 0. The molecule has 4 rings (SSSR count). The highest BCUT2D eigenvalue weighted by Gasteiger charge is 2.35. The molecule has 0 fully saturated rings. The molecule has 2 aromatic heterocycles. The van der Waals surface area contributed by atoms with Crippen LogP contribution in [0.2, 0.25) is 0 Å². The number of carboxylic acid groups (broad SMARTS) is 1. The molecule has 0 N–H and O–H groups in total. The summed E-state index contributed by atoms with van der Waals surface area (Å²) in [6.45, 7) is 0. The Kier molecular flexibility index (Phi) is 4.30. The second-order valence-electron chi connectivity index (χ2n) is 6.30. The van der Waals surface area contributed by atoms with Crippen molar-refractivity contribution in [1.82, 2.24) is 9.97 Å². The Hall–Kier alpha value is -3.75. The first-order valence-corrected chi connectivity index (χ1v) is 8.42. The van der Waals surface area contributed by atoms with Gasteiger partial charge in [0.2, 0.25) is 5.91 Å². The van der Waals surface area contributed by atoms with Crippen LogP contribution in [0.5, 0.6) is 0 Å². The number of halogens is 3. The van der Waals surface area contributed by atoms with Crippen molar-refractivity contribution in [2.45, 2.75) is 12.6 Å². The van der Waals surface area contributed by atoms with Gasteiger partial charge >= 0.3 is 6.18 Å². The maximum atomic E-state index is 13.1. The normalized spacial score (nSPS) is 13.5. The smallest absolute Gasteiger partial charge is 0.417 e. The topological polar surface area (TPSA) is 86.2 Å². The van der Waals surface area contributed by atoms with Crippen LogP contribution < -0.4 is 10.0 Å². The maximum absolute atomic E-state index is 13.1. The molecule has 29 heavy (non-hydrogen) atoms. The van der Waals surface area contributed by atoms with Gasteiger partial charge in [0.15, 0.2) is 0 Å². The zero-order valence-electron chi connectivity index (χ0n) is 14.6. The number of carboxylic acids is 1. The minimum absolute atomic E-state index is 0.0449. The van der Waals surface area contributed by atoms with E-state index in [1.54, 1.807) is 18.2 Å². The van der Waals surface area contributed by atoms with Gasteiger partial charge in [-0.15, -0.1) is 0 Å². The molecule has 0 atom stereocenters. The number of nitrogens with zero attached hydrogens (tertiary/aromatic N) is 3. The standard InChI is InChI=1S/C20H12F3N3O3/c21-20(22,23)15-5-4-11(9-14(15)19(28)29)12-6-8-25-18-13(12)10-17(27)26(18)16-3-1-2-7-24-16/h1-9H,10H2,(H,28,29)/p-1. The van der Waals surface area contributed by atoms with Crippen LogP contribution in [0.1, 0.15) is 21.5 Å². The number of fused-ring (bicyclic) bond motifs is 1. The van der Waals surface area contributed by atoms with E-state index < -0.39 is 23.3 Å². The van der Waals surface area contributed by atoms with Crippen LogP contribution in [0.15, 0.2) is 54.9 Å². The molecule has 9 heteroatoms. The second-order valence-corrected chi connectivity index (χ2v) is 6.30. The average molecular weight is 398 g/mol. The molecule has 0 spiro atoms. The van der Waals surface area contributed by atoms with E-state index in [4.69, 9.17) is 0 Å². The molecule has 1 aromatic carbocycles. The molecule has 146 valence electrons. The molecule has 6 nitrogen and oxygen atoms in total. The molecule has 3 aromatic rings. The van der Waals surface area contributed by atoms with E-state index in [0.29, 0.717) is 28.8 Å². The first kappa shape index (κ1) is 18.6. The summed E-state index contributed by atoms with van der Waals surface area (Å²) < 4.78 is 39.3. The van der Waals surface area contributed by atoms with Gasteiger partial charge in [-0.2, -0.15) is 13.2 Å². The summed E-state index contributed by atoms with van der Waals surface area (Å²) >= 11 is 0. The monoisotopic (exact) mass is 398 g/mol. The van der Waals surface area contributed by atoms with Gasteiger partial charge in [0.05, 0.1) is 18.0 Å². The average Bonchev–Trinajstić information content (AvgIpc) is 3.03. The van der Waals surface area contributed by atoms with Gasteiger partial charge in [0.1, 0.15) is 11.6 Å². The molecule has 1 aliphatic heterocycles. The number of carbonyl (C=O) groups excluding carboxylic acids is 2. The third kappa shape index (κ3) is 3.20. The molecular weight excluding hydrogens is 387 g/mol. The first-order chi connectivity index (χ1) is 13.8. The van der Waals surface area contributed by atoms with Crippen LogP contribution in [0.4, 0.5) is 24.8 Å². The fraction of sp³-hybridized carbons (Fsp3) is 0.100. The molecule has 0 saturated carbocycles. The van der Waals surface area contributed by atoms with Crippen molar-refractivity contribution in [2.75, 3.05) is 4.90 Å². The fourth-order valence-corrected chi connectivity index (χ4v) is 3.32. The Labute approximate surface area is 162 Å². The second kappa shape index (κ2) is 6.69. The van der Waals surface area contributed by atoms with Gasteiger partial charge in [-0.3, -0.25) is 4.79 Å². The first-order valence-electron chi connectivity index (χ1n) is 8.42. The van der Waals surface area contributed by atoms with E-state index in [1.165, 1.54) is 29.4 Å². The lowest BCUT2D eigenvalue weighted by Gasteiger charge is -2.17. The molecule has 1 amide bonds. The summed E-state index contributed by atoms with van der Waals surface area (Å²) in [5, 5.41) is 11.3. The van der Waals surface area contributed by atoms with Crippen molar-refractivity contribution < 1.29 is 27.9 Å². The number of benzene rings is 1. The molecule has 0 unspecified atom stereocenters. The quantitative estimate of drug-likeness (QED) is 0.677. The Morgan fingerprint density at radius 1 is 1.07 bits per heavy atom. The van der Waals surface area contributed by atoms with E-state index >= 15 is 0 Å². The molecule has 0 saturated heterocycles. The van der Waals surface area contributed by atoms with Crippen molar-refractivity contribution in [3.8, 4) is 11.1 Å². The number of amides is 1. The number of rotatable bonds is 3. The molecule has 0 aliphatic carbocycles. The summed E-state index contributed by atoms with van der Waals surface area (Å²) in [7, 11) is 0. The Bertz CT molecular complexity index is 1130. The Morgan fingerprint density at radius 3 is 2.52 bits per heavy atom. The molecule has 0 bridgehead atoms. The van der Waals surface area contributed by atoms with Crippen molar-refractivity contribution in [3.05, 3.63) is 71.5 Å². The number of carbonyl (C=O) groups is 2. The molecule has 0 radical (unpaired) electrons. The number of pyridine rings is 2. The number of aromatic carboxylic acids is 1. The molecular formula is C20H11F3N3O3-. The summed E-state index contributed by atoms with van der Waals surface area (Å²) in [4.78, 5) is 33.5. The van der Waals surface area contributed by atoms with Crippen molar-refractivity contribution in [3.63, 3.8) is 0 Å². The summed E-state index contributed by atoms with van der Waals surface area (Å²) in [6.07, 6.45) is -1.96. The lowest BCUT2D eigenvalue weighted by atomic mass is 9.95. The number of hydrogen-bond acceptors (Lipinski definition) is 5. The zero-order chi connectivity index (χ0) is 20.8. The third-order valence-corrected chi connectivity index (χ3v) is 4.56. The highest BCUT2D eigenvalue weighted by atomic mass is 19.4. The van der Waals surface area contributed by atoms with Crippen molar-refractivity contribution in [1.29, 1.82) is 0 Å². The Morgan fingerprint density at radius 2 is 1.86 bits per heavy atom. The van der Waals surface area contributed by atoms with Gasteiger partial charge in [-0.1, -0.05) is 12.1 Å². The lowest BCUT2D eigenvalue weighted by molar-refractivity contribution is -0.255. The van der Waals surface area contributed by atoms with Gasteiger partial charge in [0.25, 0.3) is 0 Å². The van der Waals surface area contributed by atoms with E-state index in [1.807, 2.05) is 0 Å². The van der Waals surface area contributed by atoms with Crippen LogP contribution in [-0.2, 0) is 17.4 Å². The summed E-state index contributed by atoms with van der Waals surface area (Å²) in [5.41, 5.74) is -1.15. The highest BCUT2D eigenvalue weighted by molar-refractivity contribution is 6.07. The van der Waals surface area contributed by atoms with E-state index in [9.17, 15) is 27.9 Å². The van der Waals surface area contributed by atoms with Crippen LogP contribution >= 0.6 is 0 Å². The van der Waals surface area contributed by atoms with Gasteiger partial charge in [0, 0.05) is 23.5 Å². The van der Waals surface area contributed by atoms with E-state index in [0.717, 1.165) is 6.07 Å². The van der Waals surface area contributed by atoms with Crippen LogP contribution in [0.25, 0.3) is 11.1 Å². The zero-order valence-corrected chi connectivity index (χ0v) is 14.6. The molecule has 1 aliphatic rings. The summed E-state index contributed by atoms with van der Waals surface area (Å²) in [5.74, 6) is -1.56. The number of anilines is 2. The van der Waals surface area contributed by atoms with Crippen LogP contribution in [0.3, 0.4) is 0 Å².